The van der Waals surface area contributed by atoms with E-state index in [2.05, 4.69) is 10.4 Å². The normalized spacial score (nSPS) is 15.7. The van der Waals surface area contributed by atoms with Crippen molar-refractivity contribution in [1.29, 1.82) is 0 Å². The van der Waals surface area contributed by atoms with E-state index in [1.807, 2.05) is 47.3 Å². The highest BCUT2D eigenvalue weighted by Gasteiger charge is 2.26. The van der Waals surface area contributed by atoms with E-state index in [-0.39, 0.29) is 11.9 Å². The molecule has 0 saturated carbocycles. The molecule has 6 heteroatoms. The van der Waals surface area contributed by atoms with Crippen LogP contribution in [0.3, 0.4) is 0 Å². The Labute approximate surface area is 169 Å². The third-order valence-corrected chi connectivity index (χ3v) is 5.55. The van der Waals surface area contributed by atoms with Gasteiger partial charge in [0.05, 0.1) is 25.9 Å². The van der Waals surface area contributed by atoms with Gasteiger partial charge in [0.25, 0.3) is 5.91 Å². The van der Waals surface area contributed by atoms with Gasteiger partial charge >= 0.3 is 0 Å². The van der Waals surface area contributed by atoms with Crippen LogP contribution in [0.4, 0.5) is 0 Å². The summed E-state index contributed by atoms with van der Waals surface area (Å²) in [6, 6.07) is 15.0. The molecule has 0 saturated heterocycles. The molecular weight excluding hydrogens is 374 g/mol. The number of nitrogens with zero attached hydrogens (tertiary/aromatic N) is 2. The van der Waals surface area contributed by atoms with Crippen LogP contribution in [-0.2, 0) is 13.0 Å². The number of nitrogens with one attached hydrogen (secondary N) is 1. The number of aromatic nitrogens is 2. The monoisotopic (exact) mass is 395 g/mol. The average Bonchev–Trinajstić information content (AvgIpc) is 3.13. The largest absolute Gasteiger partial charge is 0.497 e. The molecule has 4 rings (SSSR count). The van der Waals surface area contributed by atoms with E-state index in [0.717, 1.165) is 35.4 Å². The predicted octanol–water partition coefficient (Wildman–Crippen LogP) is 4.40. The Bertz CT molecular complexity index is 999. The zero-order chi connectivity index (χ0) is 19.5. The Balaban J connectivity index is 1.54. The number of carbonyl (C=O) groups excluding carboxylic acids is 1. The second kappa shape index (κ2) is 8.07. The number of fused-ring (bicyclic) bond motifs is 1. The van der Waals surface area contributed by atoms with Gasteiger partial charge in [0.2, 0.25) is 0 Å². The molecule has 1 heterocycles. The molecule has 0 spiro atoms. The molecular formula is C22H22ClN3O2. The minimum absolute atomic E-state index is 0.0394. The zero-order valence-electron chi connectivity index (χ0n) is 15.7. The number of carbonyl (C=O) groups is 1. The van der Waals surface area contributed by atoms with Gasteiger partial charge in [-0.2, -0.15) is 5.10 Å². The van der Waals surface area contributed by atoms with Crippen molar-refractivity contribution in [2.75, 3.05) is 7.11 Å². The molecule has 1 aromatic heterocycles. The number of halogens is 1. The second-order valence-corrected chi connectivity index (χ2v) is 7.35. The molecule has 1 atom stereocenters. The van der Waals surface area contributed by atoms with Crippen LogP contribution in [0.2, 0.25) is 5.02 Å². The maximum absolute atomic E-state index is 12.7. The standard InChI is InChI=1S/C22H22ClN3O2/c1-28-17-8-4-7-15(12-17)22(27)25-20-10-5-11-21-18(20)13-24-26(21)14-16-6-2-3-9-19(16)23/h2-4,6-9,12-13,20H,5,10-11,14H2,1H3,(H,25,27)/t20-/m1/s1. The van der Waals surface area contributed by atoms with Crippen molar-refractivity contribution in [1.82, 2.24) is 15.1 Å². The van der Waals surface area contributed by atoms with Gasteiger partial charge in [-0.25, -0.2) is 0 Å². The molecule has 5 nitrogen and oxygen atoms in total. The van der Waals surface area contributed by atoms with Crippen LogP contribution < -0.4 is 10.1 Å². The first kappa shape index (κ1) is 18.6. The first-order valence-electron chi connectivity index (χ1n) is 9.38. The van der Waals surface area contributed by atoms with Crippen LogP contribution >= 0.6 is 11.6 Å². The average molecular weight is 396 g/mol. The first-order chi connectivity index (χ1) is 13.7. The summed E-state index contributed by atoms with van der Waals surface area (Å²) in [6.45, 7) is 0.631. The van der Waals surface area contributed by atoms with Crippen molar-refractivity contribution >= 4 is 17.5 Å². The van der Waals surface area contributed by atoms with Crippen molar-refractivity contribution in [3.63, 3.8) is 0 Å². The summed E-state index contributed by atoms with van der Waals surface area (Å²) < 4.78 is 7.22. The van der Waals surface area contributed by atoms with Crippen molar-refractivity contribution in [2.24, 2.45) is 0 Å². The lowest BCUT2D eigenvalue weighted by Crippen LogP contribution is -2.31. The van der Waals surface area contributed by atoms with Crippen LogP contribution in [0.5, 0.6) is 5.75 Å². The molecule has 1 amide bonds. The molecule has 1 aliphatic rings. The fourth-order valence-corrected chi connectivity index (χ4v) is 3.89. The van der Waals surface area contributed by atoms with Crippen LogP contribution in [0, 0.1) is 0 Å². The number of rotatable bonds is 5. The maximum Gasteiger partial charge on any atom is 0.251 e. The number of benzene rings is 2. The lowest BCUT2D eigenvalue weighted by atomic mass is 9.92. The summed E-state index contributed by atoms with van der Waals surface area (Å²) in [4.78, 5) is 12.7. The highest BCUT2D eigenvalue weighted by Crippen LogP contribution is 2.31. The second-order valence-electron chi connectivity index (χ2n) is 6.95. The molecule has 0 bridgehead atoms. The molecule has 0 fully saturated rings. The molecule has 1 N–H and O–H groups in total. The fourth-order valence-electron chi connectivity index (χ4n) is 3.70. The number of amides is 1. The molecule has 28 heavy (non-hydrogen) atoms. The van der Waals surface area contributed by atoms with E-state index in [1.54, 1.807) is 19.2 Å². The van der Waals surface area contributed by atoms with Crippen molar-refractivity contribution < 1.29 is 9.53 Å². The van der Waals surface area contributed by atoms with E-state index in [9.17, 15) is 4.79 Å². The summed E-state index contributed by atoms with van der Waals surface area (Å²) in [6.07, 6.45) is 4.73. The fraction of sp³-hybridized carbons (Fsp3) is 0.273. The number of ether oxygens (including phenoxy) is 1. The summed E-state index contributed by atoms with van der Waals surface area (Å²) in [7, 11) is 1.60. The van der Waals surface area contributed by atoms with Crippen molar-refractivity contribution in [3.8, 4) is 5.75 Å². The molecule has 2 aromatic carbocycles. The van der Waals surface area contributed by atoms with Crippen molar-refractivity contribution in [3.05, 3.63) is 82.1 Å². The maximum atomic E-state index is 12.7. The van der Waals surface area contributed by atoms with Crippen LogP contribution in [0.1, 0.15) is 46.1 Å². The molecule has 0 unspecified atom stereocenters. The number of hydrogen-bond acceptors (Lipinski definition) is 3. The van der Waals surface area contributed by atoms with Gasteiger partial charge in [-0.3, -0.25) is 9.48 Å². The minimum Gasteiger partial charge on any atom is -0.497 e. The van der Waals surface area contributed by atoms with Crippen LogP contribution in [0.25, 0.3) is 0 Å². The highest BCUT2D eigenvalue weighted by molar-refractivity contribution is 6.31. The van der Waals surface area contributed by atoms with E-state index < -0.39 is 0 Å². The molecule has 1 aliphatic carbocycles. The van der Waals surface area contributed by atoms with E-state index in [0.29, 0.717) is 17.9 Å². The van der Waals surface area contributed by atoms with Crippen LogP contribution in [0.15, 0.2) is 54.7 Å². The van der Waals surface area contributed by atoms with E-state index in [1.165, 1.54) is 5.69 Å². The Morgan fingerprint density at radius 1 is 1.29 bits per heavy atom. The third kappa shape index (κ3) is 3.76. The van der Waals surface area contributed by atoms with Gasteiger partial charge in [0.15, 0.2) is 0 Å². The SMILES string of the molecule is COc1cccc(C(=O)N[C@@H]2CCCc3c2cnn3Cc2ccccc2Cl)c1. The Morgan fingerprint density at radius 3 is 2.96 bits per heavy atom. The van der Waals surface area contributed by atoms with Gasteiger partial charge < -0.3 is 10.1 Å². The van der Waals surface area contributed by atoms with Gasteiger partial charge in [-0.15, -0.1) is 0 Å². The lowest BCUT2D eigenvalue weighted by Gasteiger charge is -2.24. The minimum atomic E-state index is -0.101. The Morgan fingerprint density at radius 2 is 2.14 bits per heavy atom. The molecule has 144 valence electrons. The summed E-state index contributed by atoms with van der Waals surface area (Å²) in [5.74, 6) is 0.570. The Kier molecular flexibility index (Phi) is 5.35. The molecule has 0 aliphatic heterocycles. The van der Waals surface area contributed by atoms with Crippen molar-refractivity contribution in [2.45, 2.75) is 31.8 Å². The van der Waals surface area contributed by atoms with Gasteiger partial charge in [0.1, 0.15) is 5.75 Å². The van der Waals surface area contributed by atoms with Gasteiger partial charge in [0, 0.05) is 21.8 Å². The molecule has 0 radical (unpaired) electrons. The van der Waals surface area contributed by atoms with Gasteiger partial charge in [-0.05, 0) is 49.1 Å². The molecule has 3 aromatic rings. The van der Waals surface area contributed by atoms with Gasteiger partial charge in [-0.1, -0.05) is 35.9 Å². The smallest absolute Gasteiger partial charge is 0.251 e. The van der Waals surface area contributed by atoms with E-state index >= 15 is 0 Å². The topological polar surface area (TPSA) is 56.1 Å². The lowest BCUT2D eigenvalue weighted by molar-refractivity contribution is 0.0932. The third-order valence-electron chi connectivity index (χ3n) is 5.18. The predicted molar refractivity (Wildman–Crippen MR) is 109 cm³/mol. The number of methoxy groups -OCH3 is 1. The Hall–Kier alpha value is -2.79. The first-order valence-corrected chi connectivity index (χ1v) is 9.76. The summed E-state index contributed by atoms with van der Waals surface area (Å²) in [5, 5.41) is 8.48. The quantitative estimate of drug-likeness (QED) is 0.696. The van der Waals surface area contributed by atoms with Crippen LogP contribution in [-0.4, -0.2) is 22.8 Å². The number of hydrogen-bond donors (Lipinski definition) is 1. The summed E-state index contributed by atoms with van der Waals surface area (Å²) >= 11 is 6.31. The van der Waals surface area contributed by atoms with E-state index in [4.69, 9.17) is 16.3 Å². The highest BCUT2D eigenvalue weighted by atomic mass is 35.5. The zero-order valence-corrected chi connectivity index (χ0v) is 16.4. The summed E-state index contributed by atoms with van der Waals surface area (Å²) in [5.41, 5.74) is 3.89.